The van der Waals surface area contributed by atoms with Gasteiger partial charge in [0.2, 0.25) is 0 Å². The summed E-state index contributed by atoms with van der Waals surface area (Å²) in [6.45, 7) is 1.57. The molecule has 1 aromatic carbocycles. The minimum absolute atomic E-state index is 0.0286. The summed E-state index contributed by atoms with van der Waals surface area (Å²) in [7, 11) is -3.04. The van der Waals surface area contributed by atoms with Gasteiger partial charge in [0, 0.05) is 23.6 Å². The summed E-state index contributed by atoms with van der Waals surface area (Å²) in [6.07, 6.45) is 0.425. The lowest BCUT2D eigenvalue weighted by Gasteiger charge is -2.12. The Labute approximate surface area is 138 Å². The van der Waals surface area contributed by atoms with Crippen molar-refractivity contribution in [3.63, 3.8) is 0 Å². The van der Waals surface area contributed by atoms with Crippen LogP contribution in [0.5, 0.6) is 5.75 Å². The Morgan fingerprint density at radius 3 is 2.88 bits per heavy atom. The number of ether oxygens (including phenoxy) is 1. The van der Waals surface area contributed by atoms with Gasteiger partial charge in [-0.3, -0.25) is 4.79 Å². The van der Waals surface area contributed by atoms with Gasteiger partial charge in [0.25, 0.3) is 5.91 Å². The highest BCUT2D eigenvalue weighted by Crippen LogP contribution is 2.22. The van der Waals surface area contributed by atoms with E-state index in [0.717, 1.165) is 10.9 Å². The summed E-state index contributed by atoms with van der Waals surface area (Å²) in [4.78, 5) is 23.3. The van der Waals surface area contributed by atoms with E-state index in [1.165, 1.54) is 6.07 Å². The topological polar surface area (TPSA) is 103 Å². The van der Waals surface area contributed by atoms with Crippen LogP contribution in [0.25, 0.3) is 11.0 Å². The number of benzene rings is 1. The van der Waals surface area contributed by atoms with Gasteiger partial charge in [-0.25, -0.2) is 13.2 Å². The lowest BCUT2D eigenvalue weighted by molar-refractivity contribution is -0.123. The summed E-state index contributed by atoms with van der Waals surface area (Å²) in [5.74, 6) is 0.0782. The van der Waals surface area contributed by atoms with Gasteiger partial charge >= 0.3 is 5.63 Å². The van der Waals surface area contributed by atoms with Crippen molar-refractivity contribution in [3.05, 3.63) is 40.2 Å². The molecule has 8 heteroatoms. The molecule has 0 radical (unpaired) electrons. The third kappa shape index (κ3) is 3.76. The van der Waals surface area contributed by atoms with Crippen LogP contribution >= 0.6 is 0 Å². The summed E-state index contributed by atoms with van der Waals surface area (Å²) in [5, 5.41) is 3.44. The maximum absolute atomic E-state index is 11.9. The molecule has 7 nitrogen and oxygen atoms in total. The minimum Gasteiger partial charge on any atom is -0.484 e. The fourth-order valence-corrected chi connectivity index (χ4v) is 4.40. The Balaban J connectivity index is 1.63. The maximum Gasteiger partial charge on any atom is 0.336 e. The quantitative estimate of drug-likeness (QED) is 0.817. The fourth-order valence-electron chi connectivity index (χ4n) is 2.72. The zero-order valence-electron chi connectivity index (χ0n) is 13.1. The molecule has 1 aromatic heterocycles. The summed E-state index contributed by atoms with van der Waals surface area (Å²) < 4.78 is 33.2. The van der Waals surface area contributed by atoms with Crippen LogP contribution in [0, 0.1) is 6.92 Å². The van der Waals surface area contributed by atoms with Crippen LogP contribution in [0.15, 0.2) is 33.5 Å². The van der Waals surface area contributed by atoms with Crippen molar-refractivity contribution in [1.82, 2.24) is 5.32 Å². The Bertz CT molecular complexity index is 947. The molecule has 0 bridgehead atoms. The molecule has 0 unspecified atom stereocenters. The summed E-state index contributed by atoms with van der Waals surface area (Å²) in [6, 6.07) is 6.04. The van der Waals surface area contributed by atoms with E-state index in [4.69, 9.17) is 9.15 Å². The standard InChI is InChI=1S/C16H17NO6S/c1-10-6-16(19)23-14-7-12(2-3-13(10)14)22-8-15(18)17-11-4-5-24(20,21)9-11/h2-3,6-7,11H,4-5,8-9H2,1H3,(H,17,18)/t11-/m0/s1. The Kier molecular flexibility index (Phi) is 4.31. The molecule has 0 spiro atoms. The van der Waals surface area contributed by atoms with E-state index in [0.29, 0.717) is 17.8 Å². The van der Waals surface area contributed by atoms with Gasteiger partial charge in [0.05, 0.1) is 11.5 Å². The molecular weight excluding hydrogens is 334 g/mol. The number of nitrogens with one attached hydrogen (secondary N) is 1. The minimum atomic E-state index is -3.04. The van der Waals surface area contributed by atoms with E-state index in [1.54, 1.807) is 18.2 Å². The lowest BCUT2D eigenvalue weighted by atomic mass is 10.1. The first-order valence-electron chi connectivity index (χ1n) is 7.49. The first kappa shape index (κ1) is 16.5. The van der Waals surface area contributed by atoms with Gasteiger partial charge < -0.3 is 14.5 Å². The van der Waals surface area contributed by atoms with E-state index in [9.17, 15) is 18.0 Å². The molecule has 0 saturated carbocycles. The molecule has 1 N–H and O–H groups in total. The number of carbonyl (C=O) groups is 1. The highest BCUT2D eigenvalue weighted by Gasteiger charge is 2.28. The Morgan fingerprint density at radius 1 is 1.38 bits per heavy atom. The molecule has 1 saturated heterocycles. The Morgan fingerprint density at radius 2 is 2.17 bits per heavy atom. The lowest BCUT2D eigenvalue weighted by Crippen LogP contribution is -2.38. The zero-order chi connectivity index (χ0) is 17.3. The third-order valence-electron chi connectivity index (χ3n) is 3.89. The van der Waals surface area contributed by atoms with Crippen molar-refractivity contribution < 1.29 is 22.4 Å². The van der Waals surface area contributed by atoms with Gasteiger partial charge in [-0.2, -0.15) is 0 Å². The largest absolute Gasteiger partial charge is 0.484 e. The number of fused-ring (bicyclic) bond motifs is 1. The van der Waals surface area contributed by atoms with Crippen LogP contribution in [0.2, 0.25) is 0 Å². The van der Waals surface area contributed by atoms with Crippen molar-refractivity contribution in [2.45, 2.75) is 19.4 Å². The molecule has 3 rings (SSSR count). The predicted molar refractivity (Wildman–Crippen MR) is 87.9 cm³/mol. The normalized spacial score (nSPS) is 19.3. The number of amides is 1. The third-order valence-corrected chi connectivity index (χ3v) is 5.66. The van der Waals surface area contributed by atoms with Gasteiger partial charge in [0.15, 0.2) is 16.4 Å². The Hall–Kier alpha value is -2.35. The van der Waals surface area contributed by atoms with Crippen molar-refractivity contribution in [2.24, 2.45) is 0 Å². The average molecular weight is 351 g/mol. The first-order valence-corrected chi connectivity index (χ1v) is 9.32. The van der Waals surface area contributed by atoms with Crippen molar-refractivity contribution in [1.29, 1.82) is 0 Å². The van der Waals surface area contributed by atoms with Gasteiger partial charge in [0.1, 0.15) is 11.3 Å². The van der Waals surface area contributed by atoms with Gasteiger partial charge in [-0.1, -0.05) is 0 Å². The molecule has 1 fully saturated rings. The monoisotopic (exact) mass is 351 g/mol. The number of aryl methyl sites for hydroxylation is 1. The number of hydrogen-bond donors (Lipinski definition) is 1. The van der Waals surface area contributed by atoms with Crippen LogP contribution in [0.1, 0.15) is 12.0 Å². The second-order valence-electron chi connectivity index (χ2n) is 5.86. The number of rotatable bonds is 4. The van der Waals surface area contributed by atoms with E-state index < -0.39 is 15.5 Å². The number of carbonyl (C=O) groups excluding carboxylic acids is 1. The van der Waals surface area contributed by atoms with Crippen LogP contribution in [-0.4, -0.2) is 38.5 Å². The summed E-state index contributed by atoms with van der Waals surface area (Å²) >= 11 is 0. The van der Waals surface area contributed by atoms with Crippen molar-refractivity contribution >= 4 is 26.7 Å². The molecule has 1 atom stereocenters. The predicted octanol–water partition coefficient (Wildman–Crippen LogP) is 0.784. The highest BCUT2D eigenvalue weighted by molar-refractivity contribution is 7.91. The molecule has 2 aromatic rings. The first-order chi connectivity index (χ1) is 11.3. The molecule has 1 aliphatic heterocycles. The van der Waals surface area contributed by atoms with E-state index in [2.05, 4.69) is 5.32 Å². The van der Waals surface area contributed by atoms with E-state index >= 15 is 0 Å². The van der Waals surface area contributed by atoms with E-state index in [-0.39, 0.29) is 30.1 Å². The second kappa shape index (κ2) is 6.27. The molecule has 24 heavy (non-hydrogen) atoms. The smallest absolute Gasteiger partial charge is 0.336 e. The molecule has 128 valence electrons. The molecule has 1 aliphatic rings. The van der Waals surface area contributed by atoms with Crippen LogP contribution in [0.3, 0.4) is 0 Å². The second-order valence-corrected chi connectivity index (χ2v) is 8.09. The van der Waals surface area contributed by atoms with Crippen LogP contribution in [0.4, 0.5) is 0 Å². The van der Waals surface area contributed by atoms with Crippen molar-refractivity contribution in [3.8, 4) is 5.75 Å². The zero-order valence-corrected chi connectivity index (χ0v) is 13.9. The van der Waals surface area contributed by atoms with Crippen molar-refractivity contribution in [2.75, 3.05) is 18.1 Å². The maximum atomic E-state index is 11.9. The number of sulfone groups is 1. The molecule has 1 amide bonds. The van der Waals surface area contributed by atoms with Gasteiger partial charge in [-0.15, -0.1) is 0 Å². The average Bonchev–Trinajstić information content (AvgIpc) is 2.83. The van der Waals surface area contributed by atoms with E-state index in [1.807, 2.05) is 6.92 Å². The summed E-state index contributed by atoms with van der Waals surface area (Å²) in [5.41, 5.74) is 0.741. The van der Waals surface area contributed by atoms with Crippen LogP contribution < -0.4 is 15.7 Å². The fraction of sp³-hybridized carbons (Fsp3) is 0.375. The number of hydrogen-bond acceptors (Lipinski definition) is 6. The van der Waals surface area contributed by atoms with Crippen LogP contribution in [-0.2, 0) is 14.6 Å². The molecule has 0 aliphatic carbocycles. The van der Waals surface area contributed by atoms with Gasteiger partial charge in [-0.05, 0) is 31.0 Å². The molecule has 2 heterocycles. The highest BCUT2D eigenvalue weighted by atomic mass is 32.2. The SMILES string of the molecule is Cc1cc(=O)oc2cc(OCC(=O)N[C@H]3CCS(=O)(=O)C3)ccc12. The molecular formula is C16H17NO6S.